The predicted octanol–water partition coefficient (Wildman–Crippen LogP) is 2.03. The first-order valence-electron chi connectivity index (χ1n) is 5.82. The van der Waals surface area contributed by atoms with Crippen molar-refractivity contribution in [2.24, 2.45) is 0 Å². The first-order chi connectivity index (χ1) is 7.99. The van der Waals surface area contributed by atoms with Crippen molar-refractivity contribution in [3.8, 4) is 5.75 Å². The van der Waals surface area contributed by atoms with E-state index in [0.717, 1.165) is 11.3 Å². The van der Waals surface area contributed by atoms with Gasteiger partial charge in [0.2, 0.25) is 5.91 Å². The number of amides is 1. The Morgan fingerprint density at radius 1 is 1.41 bits per heavy atom. The molecule has 0 aromatic heterocycles. The van der Waals surface area contributed by atoms with Crippen LogP contribution in [0.3, 0.4) is 0 Å². The SMILES string of the molecule is Cc1cc(O)ccc1NC(=O)CCNC(C)C. The molecule has 4 heteroatoms. The molecule has 0 radical (unpaired) electrons. The van der Waals surface area contributed by atoms with Crippen LogP contribution in [0.25, 0.3) is 0 Å². The maximum atomic E-state index is 11.6. The van der Waals surface area contributed by atoms with E-state index in [1.807, 2.05) is 20.8 Å². The van der Waals surface area contributed by atoms with E-state index in [4.69, 9.17) is 0 Å². The fourth-order valence-corrected chi connectivity index (χ4v) is 1.48. The number of aryl methyl sites for hydroxylation is 1. The molecule has 0 aliphatic carbocycles. The summed E-state index contributed by atoms with van der Waals surface area (Å²) in [5.74, 6) is 0.189. The number of aromatic hydroxyl groups is 1. The second kappa shape index (κ2) is 6.25. The van der Waals surface area contributed by atoms with E-state index in [0.29, 0.717) is 19.0 Å². The minimum absolute atomic E-state index is 0.0214. The van der Waals surface area contributed by atoms with Crippen LogP contribution < -0.4 is 10.6 Å². The number of anilines is 1. The van der Waals surface area contributed by atoms with Crippen LogP contribution in [0.1, 0.15) is 25.8 Å². The van der Waals surface area contributed by atoms with Gasteiger partial charge >= 0.3 is 0 Å². The molecule has 0 aliphatic rings. The number of hydrogen-bond acceptors (Lipinski definition) is 3. The number of hydrogen-bond donors (Lipinski definition) is 3. The highest BCUT2D eigenvalue weighted by Gasteiger charge is 2.05. The van der Waals surface area contributed by atoms with E-state index in [2.05, 4.69) is 10.6 Å². The van der Waals surface area contributed by atoms with Crippen molar-refractivity contribution in [3.63, 3.8) is 0 Å². The van der Waals surface area contributed by atoms with Gasteiger partial charge in [-0.15, -0.1) is 0 Å². The topological polar surface area (TPSA) is 61.4 Å². The summed E-state index contributed by atoms with van der Waals surface area (Å²) in [6, 6.07) is 5.29. The van der Waals surface area contributed by atoms with E-state index in [9.17, 15) is 9.90 Å². The van der Waals surface area contributed by atoms with E-state index < -0.39 is 0 Å². The van der Waals surface area contributed by atoms with Crippen molar-refractivity contribution in [3.05, 3.63) is 23.8 Å². The Kier molecular flexibility index (Phi) is 4.97. The molecule has 0 aliphatic heterocycles. The zero-order chi connectivity index (χ0) is 12.8. The lowest BCUT2D eigenvalue weighted by Crippen LogP contribution is -2.27. The number of nitrogens with one attached hydrogen (secondary N) is 2. The van der Waals surface area contributed by atoms with E-state index in [1.54, 1.807) is 18.2 Å². The Bertz CT molecular complexity index is 389. The smallest absolute Gasteiger partial charge is 0.225 e. The van der Waals surface area contributed by atoms with Gasteiger partial charge in [0.1, 0.15) is 5.75 Å². The molecule has 0 bridgehead atoms. The van der Waals surface area contributed by atoms with Crippen LogP contribution in [0.5, 0.6) is 5.75 Å². The number of phenolic OH excluding ortho intramolecular Hbond substituents is 1. The summed E-state index contributed by atoms with van der Waals surface area (Å²) >= 11 is 0. The molecule has 3 N–H and O–H groups in total. The summed E-state index contributed by atoms with van der Waals surface area (Å²) in [5, 5.41) is 15.3. The Labute approximate surface area is 102 Å². The zero-order valence-electron chi connectivity index (χ0n) is 10.6. The molecule has 1 aromatic carbocycles. The number of carbonyl (C=O) groups excluding carboxylic acids is 1. The van der Waals surface area contributed by atoms with Crippen LogP contribution in [0, 0.1) is 6.92 Å². The maximum absolute atomic E-state index is 11.6. The summed E-state index contributed by atoms with van der Waals surface area (Å²) in [6.45, 7) is 6.60. The average Bonchev–Trinajstić information content (AvgIpc) is 2.21. The fourth-order valence-electron chi connectivity index (χ4n) is 1.48. The minimum Gasteiger partial charge on any atom is -0.508 e. The van der Waals surface area contributed by atoms with Gasteiger partial charge in [-0.05, 0) is 30.7 Å². The lowest BCUT2D eigenvalue weighted by molar-refractivity contribution is -0.116. The van der Waals surface area contributed by atoms with Gasteiger partial charge in [-0.1, -0.05) is 13.8 Å². The lowest BCUT2D eigenvalue weighted by atomic mass is 10.2. The summed E-state index contributed by atoms with van der Waals surface area (Å²) in [4.78, 5) is 11.6. The first kappa shape index (κ1) is 13.5. The van der Waals surface area contributed by atoms with Crippen molar-refractivity contribution >= 4 is 11.6 Å². The zero-order valence-corrected chi connectivity index (χ0v) is 10.6. The summed E-state index contributed by atoms with van der Waals surface area (Å²) in [6.07, 6.45) is 0.443. The molecule has 1 aromatic rings. The molecule has 0 saturated heterocycles. The van der Waals surface area contributed by atoms with Gasteiger partial charge in [0.05, 0.1) is 0 Å². The second-order valence-electron chi connectivity index (χ2n) is 4.41. The van der Waals surface area contributed by atoms with Crippen LogP contribution in [-0.4, -0.2) is 23.6 Å². The van der Waals surface area contributed by atoms with Gasteiger partial charge in [0.25, 0.3) is 0 Å². The average molecular weight is 236 g/mol. The Morgan fingerprint density at radius 3 is 2.71 bits per heavy atom. The fraction of sp³-hybridized carbons (Fsp3) is 0.462. The van der Waals surface area contributed by atoms with Crippen molar-refractivity contribution in [2.45, 2.75) is 33.2 Å². The number of rotatable bonds is 5. The molecule has 4 nitrogen and oxygen atoms in total. The molecule has 1 rings (SSSR count). The molecule has 0 spiro atoms. The largest absolute Gasteiger partial charge is 0.508 e. The molecule has 17 heavy (non-hydrogen) atoms. The molecule has 0 unspecified atom stereocenters. The third-order valence-electron chi connectivity index (χ3n) is 2.39. The van der Waals surface area contributed by atoms with Gasteiger partial charge in [-0.3, -0.25) is 4.79 Å². The minimum atomic E-state index is -0.0214. The normalized spacial score (nSPS) is 10.6. The van der Waals surface area contributed by atoms with E-state index in [1.165, 1.54) is 0 Å². The van der Waals surface area contributed by atoms with Gasteiger partial charge in [0.15, 0.2) is 0 Å². The van der Waals surface area contributed by atoms with Crippen molar-refractivity contribution < 1.29 is 9.90 Å². The lowest BCUT2D eigenvalue weighted by Gasteiger charge is -2.10. The Hall–Kier alpha value is -1.55. The third-order valence-corrected chi connectivity index (χ3v) is 2.39. The standard InChI is InChI=1S/C13H20N2O2/c1-9(2)14-7-6-13(17)15-12-5-4-11(16)8-10(12)3/h4-5,8-9,14,16H,6-7H2,1-3H3,(H,15,17). The van der Waals surface area contributed by atoms with E-state index in [-0.39, 0.29) is 11.7 Å². The quantitative estimate of drug-likeness (QED) is 0.685. The maximum Gasteiger partial charge on any atom is 0.225 e. The Balaban J connectivity index is 2.45. The molecule has 0 heterocycles. The second-order valence-corrected chi connectivity index (χ2v) is 4.41. The van der Waals surface area contributed by atoms with Crippen molar-refractivity contribution in [1.82, 2.24) is 5.32 Å². The predicted molar refractivity (Wildman–Crippen MR) is 69.2 cm³/mol. The van der Waals surface area contributed by atoms with Gasteiger partial charge in [0, 0.05) is 24.7 Å². The number of benzene rings is 1. The molecular weight excluding hydrogens is 216 g/mol. The molecule has 0 atom stereocenters. The highest BCUT2D eigenvalue weighted by Crippen LogP contribution is 2.20. The Morgan fingerprint density at radius 2 is 2.12 bits per heavy atom. The van der Waals surface area contributed by atoms with E-state index >= 15 is 0 Å². The van der Waals surface area contributed by atoms with Gasteiger partial charge < -0.3 is 15.7 Å². The molecular formula is C13H20N2O2. The summed E-state index contributed by atoms with van der Waals surface area (Å²) in [7, 11) is 0. The summed E-state index contributed by atoms with van der Waals surface area (Å²) in [5.41, 5.74) is 1.60. The molecule has 94 valence electrons. The third kappa shape index (κ3) is 4.87. The van der Waals surface area contributed by atoms with Crippen molar-refractivity contribution in [1.29, 1.82) is 0 Å². The van der Waals surface area contributed by atoms with Crippen LogP contribution in [0.2, 0.25) is 0 Å². The van der Waals surface area contributed by atoms with Crippen LogP contribution in [0.15, 0.2) is 18.2 Å². The molecule has 0 saturated carbocycles. The van der Waals surface area contributed by atoms with Gasteiger partial charge in [-0.25, -0.2) is 0 Å². The van der Waals surface area contributed by atoms with Gasteiger partial charge in [-0.2, -0.15) is 0 Å². The number of carbonyl (C=O) groups is 1. The molecule has 1 amide bonds. The van der Waals surface area contributed by atoms with Crippen LogP contribution in [0.4, 0.5) is 5.69 Å². The highest BCUT2D eigenvalue weighted by molar-refractivity contribution is 5.91. The number of phenols is 1. The van der Waals surface area contributed by atoms with Crippen LogP contribution >= 0.6 is 0 Å². The monoisotopic (exact) mass is 236 g/mol. The first-order valence-corrected chi connectivity index (χ1v) is 5.82. The molecule has 0 fully saturated rings. The summed E-state index contributed by atoms with van der Waals surface area (Å²) < 4.78 is 0. The van der Waals surface area contributed by atoms with Crippen LogP contribution in [-0.2, 0) is 4.79 Å². The van der Waals surface area contributed by atoms with Crippen molar-refractivity contribution in [2.75, 3.05) is 11.9 Å². The highest BCUT2D eigenvalue weighted by atomic mass is 16.3.